The maximum Gasteiger partial charge on any atom is 0.249 e. The number of unbranched alkanes of at least 4 members (excludes halogenated alkanes) is 1. The lowest BCUT2D eigenvalue weighted by Crippen LogP contribution is -2.40. The van der Waals surface area contributed by atoms with E-state index in [1.807, 2.05) is 26.0 Å². The highest BCUT2D eigenvalue weighted by atomic mass is 79.9. The van der Waals surface area contributed by atoms with E-state index in [1.54, 1.807) is 0 Å². The molecule has 0 saturated heterocycles. The summed E-state index contributed by atoms with van der Waals surface area (Å²) >= 11 is 3.43. The molecule has 0 fully saturated rings. The maximum absolute atomic E-state index is 12.0. The minimum Gasteiger partial charge on any atom is -0.369 e. The first-order valence-electron chi connectivity index (χ1n) is 7.69. The van der Waals surface area contributed by atoms with Crippen LogP contribution in [0.25, 0.3) is 0 Å². The van der Waals surface area contributed by atoms with Crippen LogP contribution in [0, 0.1) is 0 Å². The van der Waals surface area contributed by atoms with E-state index >= 15 is 0 Å². The first kappa shape index (κ1) is 18.2. The van der Waals surface area contributed by atoms with Gasteiger partial charge in [-0.05, 0) is 50.8 Å². The van der Waals surface area contributed by atoms with Crippen molar-refractivity contribution in [3.8, 4) is 0 Å². The Morgan fingerprint density at radius 2 is 1.95 bits per heavy atom. The molecule has 2 unspecified atom stereocenters. The first-order chi connectivity index (χ1) is 10.0. The fourth-order valence-electron chi connectivity index (χ4n) is 1.95. The molecular formula is C17H26BrNO2. The molecule has 1 rings (SSSR count). The van der Waals surface area contributed by atoms with Crippen LogP contribution in [0.5, 0.6) is 0 Å². The number of hydrogen-bond acceptors (Lipinski definition) is 2. The molecule has 21 heavy (non-hydrogen) atoms. The van der Waals surface area contributed by atoms with E-state index in [-0.39, 0.29) is 18.1 Å². The number of nitrogens with one attached hydrogen (secondary N) is 1. The molecule has 0 saturated carbocycles. The van der Waals surface area contributed by atoms with Crippen molar-refractivity contribution >= 4 is 21.8 Å². The van der Waals surface area contributed by atoms with E-state index in [9.17, 15) is 4.79 Å². The van der Waals surface area contributed by atoms with Crippen molar-refractivity contribution < 1.29 is 9.53 Å². The van der Waals surface area contributed by atoms with Gasteiger partial charge in [0.25, 0.3) is 0 Å². The zero-order valence-corrected chi connectivity index (χ0v) is 14.8. The highest BCUT2D eigenvalue weighted by Gasteiger charge is 2.15. The van der Waals surface area contributed by atoms with Gasteiger partial charge in [-0.25, -0.2) is 0 Å². The van der Waals surface area contributed by atoms with Gasteiger partial charge in [0.05, 0.1) is 0 Å². The molecule has 0 aliphatic heterocycles. The van der Waals surface area contributed by atoms with Crippen molar-refractivity contribution in [2.24, 2.45) is 0 Å². The number of hydrogen-bond donors (Lipinski definition) is 1. The molecule has 118 valence electrons. The monoisotopic (exact) mass is 355 g/mol. The van der Waals surface area contributed by atoms with Crippen LogP contribution in [0.1, 0.15) is 45.6 Å². The number of ether oxygens (including phenoxy) is 1. The van der Waals surface area contributed by atoms with Crippen molar-refractivity contribution in [3.05, 3.63) is 34.3 Å². The van der Waals surface area contributed by atoms with Crippen molar-refractivity contribution in [2.75, 3.05) is 6.61 Å². The standard InChI is InChI=1S/C17H26BrNO2/c1-4-5-12-21-14(3)17(20)19-13(2)6-7-15-8-10-16(18)11-9-15/h8-11,13-14H,4-7,12H2,1-3H3,(H,19,20). The summed E-state index contributed by atoms with van der Waals surface area (Å²) in [5.41, 5.74) is 1.28. The topological polar surface area (TPSA) is 38.3 Å². The van der Waals surface area contributed by atoms with Crippen LogP contribution < -0.4 is 5.32 Å². The van der Waals surface area contributed by atoms with Crippen LogP contribution in [-0.4, -0.2) is 24.7 Å². The van der Waals surface area contributed by atoms with Crippen LogP contribution in [0.2, 0.25) is 0 Å². The predicted octanol–water partition coefficient (Wildman–Crippen LogP) is 4.09. The van der Waals surface area contributed by atoms with Crippen molar-refractivity contribution in [3.63, 3.8) is 0 Å². The van der Waals surface area contributed by atoms with Crippen molar-refractivity contribution in [1.82, 2.24) is 5.32 Å². The molecule has 1 aromatic carbocycles. The Bertz CT molecular complexity index is 419. The average Bonchev–Trinajstić information content (AvgIpc) is 2.46. The Hall–Kier alpha value is -0.870. The molecule has 1 aromatic rings. The van der Waals surface area contributed by atoms with Gasteiger partial charge in [-0.3, -0.25) is 4.79 Å². The van der Waals surface area contributed by atoms with Gasteiger partial charge in [0.1, 0.15) is 6.10 Å². The third-order valence-corrected chi connectivity index (χ3v) is 3.93. The summed E-state index contributed by atoms with van der Waals surface area (Å²) < 4.78 is 6.59. The molecule has 0 heterocycles. The third-order valence-electron chi connectivity index (χ3n) is 3.40. The van der Waals surface area contributed by atoms with Gasteiger partial charge in [-0.15, -0.1) is 0 Å². The van der Waals surface area contributed by atoms with Gasteiger partial charge in [0.15, 0.2) is 0 Å². The smallest absolute Gasteiger partial charge is 0.249 e. The third kappa shape index (κ3) is 7.63. The normalized spacial score (nSPS) is 13.7. The van der Waals surface area contributed by atoms with Crippen LogP contribution in [-0.2, 0) is 16.0 Å². The quantitative estimate of drug-likeness (QED) is 0.677. The Morgan fingerprint density at radius 3 is 2.57 bits per heavy atom. The average molecular weight is 356 g/mol. The molecule has 4 heteroatoms. The van der Waals surface area contributed by atoms with Crippen LogP contribution in [0.15, 0.2) is 28.7 Å². The molecule has 3 nitrogen and oxygen atoms in total. The molecule has 0 aliphatic rings. The highest BCUT2D eigenvalue weighted by molar-refractivity contribution is 9.10. The minimum atomic E-state index is -0.369. The lowest BCUT2D eigenvalue weighted by Gasteiger charge is -2.18. The predicted molar refractivity (Wildman–Crippen MR) is 90.4 cm³/mol. The minimum absolute atomic E-state index is 0.0191. The molecule has 0 aliphatic carbocycles. The van der Waals surface area contributed by atoms with E-state index in [4.69, 9.17) is 4.74 Å². The van der Waals surface area contributed by atoms with Gasteiger partial charge >= 0.3 is 0 Å². The van der Waals surface area contributed by atoms with Crippen LogP contribution in [0.4, 0.5) is 0 Å². The second-order valence-corrected chi connectivity index (χ2v) is 6.36. The summed E-state index contributed by atoms with van der Waals surface area (Å²) in [6, 6.07) is 8.45. The van der Waals surface area contributed by atoms with Crippen LogP contribution >= 0.6 is 15.9 Å². The van der Waals surface area contributed by atoms with Crippen molar-refractivity contribution in [1.29, 1.82) is 0 Å². The maximum atomic E-state index is 12.0. The number of carbonyl (C=O) groups excluding carboxylic acids is 1. The molecule has 0 radical (unpaired) electrons. The summed E-state index contributed by atoms with van der Waals surface area (Å²) in [6.45, 7) is 6.61. The molecule has 2 atom stereocenters. The van der Waals surface area contributed by atoms with E-state index in [0.29, 0.717) is 6.61 Å². The number of rotatable bonds is 9. The van der Waals surface area contributed by atoms with E-state index in [1.165, 1.54) is 5.56 Å². The molecule has 1 amide bonds. The van der Waals surface area contributed by atoms with Gasteiger partial charge in [0, 0.05) is 17.1 Å². The summed E-state index contributed by atoms with van der Waals surface area (Å²) in [6.07, 6.45) is 3.59. The number of carbonyl (C=O) groups is 1. The Kier molecular flexibility index (Phi) is 8.62. The lowest BCUT2D eigenvalue weighted by atomic mass is 10.1. The molecule has 0 aromatic heterocycles. The van der Waals surface area contributed by atoms with Gasteiger partial charge in [-0.1, -0.05) is 41.4 Å². The molecule has 0 spiro atoms. The highest BCUT2D eigenvalue weighted by Crippen LogP contribution is 2.12. The second-order valence-electron chi connectivity index (χ2n) is 5.44. The van der Waals surface area contributed by atoms with Gasteiger partial charge < -0.3 is 10.1 Å². The van der Waals surface area contributed by atoms with E-state index in [0.717, 1.165) is 30.2 Å². The van der Waals surface area contributed by atoms with E-state index in [2.05, 4.69) is 40.3 Å². The number of halogens is 1. The summed E-state index contributed by atoms with van der Waals surface area (Å²) in [4.78, 5) is 12.0. The fraction of sp³-hybridized carbons (Fsp3) is 0.588. The van der Waals surface area contributed by atoms with Crippen molar-refractivity contribution in [2.45, 2.75) is 58.6 Å². The fourth-order valence-corrected chi connectivity index (χ4v) is 2.21. The Balaban J connectivity index is 2.27. The Labute approximate surface area is 136 Å². The van der Waals surface area contributed by atoms with Gasteiger partial charge in [0.2, 0.25) is 5.91 Å². The summed E-state index contributed by atoms with van der Waals surface area (Å²) in [5.74, 6) is -0.0191. The van der Waals surface area contributed by atoms with E-state index < -0.39 is 0 Å². The number of benzene rings is 1. The largest absolute Gasteiger partial charge is 0.369 e. The summed E-state index contributed by atoms with van der Waals surface area (Å²) in [5, 5.41) is 3.01. The Morgan fingerprint density at radius 1 is 1.29 bits per heavy atom. The zero-order chi connectivity index (χ0) is 15.7. The SMILES string of the molecule is CCCCOC(C)C(=O)NC(C)CCc1ccc(Br)cc1. The second kappa shape index (κ2) is 9.96. The molecule has 0 bridgehead atoms. The molecular weight excluding hydrogens is 330 g/mol. The summed E-state index contributed by atoms with van der Waals surface area (Å²) in [7, 11) is 0. The number of amides is 1. The number of aryl methyl sites for hydroxylation is 1. The first-order valence-corrected chi connectivity index (χ1v) is 8.48. The van der Waals surface area contributed by atoms with Gasteiger partial charge in [-0.2, -0.15) is 0 Å². The van der Waals surface area contributed by atoms with Crippen LogP contribution in [0.3, 0.4) is 0 Å². The lowest BCUT2D eigenvalue weighted by molar-refractivity contribution is -0.132. The molecule has 1 N–H and O–H groups in total. The zero-order valence-electron chi connectivity index (χ0n) is 13.2.